The molecule has 38 heavy (non-hydrogen) atoms. The molecule has 1 aliphatic heterocycles. The van der Waals surface area contributed by atoms with E-state index in [0.717, 1.165) is 35.3 Å². The first-order valence-corrected chi connectivity index (χ1v) is 12.0. The molecule has 6 rings (SSSR count). The van der Waals surface area contributed by atoms with Crippen LogP contribution in [0.2, 0.25) is 0 Å². The van der Waals surface area contributed by atoms with Gasteiger partial charge in [0.15, 0.2) is 0 Å². The molecule has 0 radical (unpaired) electrons. The molecule has 190 valence electrons. The van der Waals surface area contributed by atoms with Crippen LogP contribution < -0.4 is 5.32 Å². The van der Waals surface area contributed by atoms with E-state index in [1.807, 2.05) is 64.8 Å². The summed E-state index contributed by atoms with van der Waals surface area (Å²) in [4.78, 5) is 15.3. The van der Waals surface area contributed by atoms with Crippen LogP contribution in [0.5, 0.6) is 0 Å². The first kappa shape index (κ1) is 23.6. The predicted molar refractivity (Wildman–Crippen MR) is 137 cm³/mol. The first-order chi connectivity index (χ1) is 18.4. The second-order valence-corrected chi connectivity index (χ2v) is 9.08. The van der Waals surface area contributed by atoms with Crippen molar-refractivity contribution in [2.75, 3.05) is 5.32 Å². The van der Waals surface area contributed by atoms with Gasteiger partial charge in [-0.3, -0.25) is 0 Å². The molecule has 2 aromatic heterocycles. The van der Waals surface area contributed by atoms with E-state index in [2.05, 4.69) is 5.32 Å². The minimum Gasteiger partial charge on any atom is -0.307 e. The Labute approximate surface area is 216 Å². The summed E-state index contributed by atoms with van der Waals surface area (Å²) in [5, 5.41) is 7.28. The molecule has 0 spiro atoms. The predicted octanol–water partition coefficient (Wildman–Crippen LogP) is 6.53. The van der Waals surface area contributed by atoms with Crippen molar-refractivity contribution < 1.29 is 18.0 Å². The second-order valence-electron chi connectivity index (χ2n) is 9.08. The van der Waals surface area contributed by atoms with Crippen LogP contribution in [0.15, 0.2) is 91.1 Å². The van der Waals surface area contributed by atoms with Crippen molar-refractivity contribution >= 4 is 11.7 Å². The topological polar surface area (TPSA) is 55.1 Å². The molecular weight excluding hydrogens is 491 g/mol. The molecule has 0 saturated carbocycles. The Bertz CT molecular complexity index is 1660. The van der Waals surface area contributed by atoms with Crippen LogP contribution in [0.1, 0.15) is 28.6 Å². The molecule has 1 unspecified atom stereocenters. The lowest BCUT2D eigenvalue weighted by molar-refractivity contribution is 0.194. The van der Waals surface area contributed by atoms with Crippen molar-refractivity contribution in [3.05, 3.63) is 131 Å². The summed E-state index contributed by atoms with van der Waals surface area (Å²) in [5.41, 5.74) is 3.21. The number of aryl methyl sites for hydroxylation is 1. The number of amides is 2. The van der Waals surface area contributed by atoms with Crippen molar-refractivity contribution in [2.45, 2.75) is 19.5 Å². The van der Waals surface area contributed by atoms with Crippen LogP contribution in [0, 0.1) is 24.4 Å². The van der Waals surface area contributed by atoms with Crippen LogP contribution in [0.4, 0.5) is 23.7 Å². The third kappa shape index (κ3) is 4.02. The highest BCUT2D eigenvalue weighted by molar-refractivity contribution is 5.90. The number of benzene rings is 3. The molecule has 6 nitrogen and oxygen atoms in total. The van der Waals surface area contributed by atoms with Crippen LogP contribution in [0.3, 0.4) is 0 Å². The highest BCUT2D eigenvalue weighted by Gasteiger charge is 2.36. The number of fused-ring (bicyclic) bond motifs is 3. The van der Waals surface area contributed by atoms with Gasteiger partial charge >= 0.3 is 6.03 Å². The van der Waals surface area contributed by atoms with E-state index in [1.54, 1.807) is 12.1 Å². The van der Waals surface area contributed by atoms with E-state index in [-0.39, 0.29) is 12.2 Å². The van der Waals surface area contributed by atoms with Gasteiger partial charge in [0.1, 0.15) is 23.3 Å². The Kier molecular flexibility index (Phi) is 5.75. The zero-order valence-corrected chi connectivity index (χ0v) is 20.3. The van der Waals surface area contributed by atoms with Crippen molar-refractivity contribution in [1.29, 1.82) is 0 Å². The summed E-state index contributed by atoms with van der Waals surface area (Å²) in [5.74, 6) is -1.17. The number of anilines is 1. The lowest BCUT2D eigenvalue weighted by Crippen LogP contribution is -2.38. The second kappa shape index (κ2) is 9.26. The highest BCUT2D eigenvalue weighted by Crippen LogP contribution is 2.39. The summed E-state index contributed by atoms with van der Waals surface area (Å²) in [6.45, 7) is 1.94. The number of hydrogen-bond donors (Lipinski definition) is 1. The number of carbonyl (C=O) groups is 1. The number of urea groups is 1. The summed E-state index contributed by atoms with van der Waals surface area (Å²) in [6, 6.07) is 20.8. The van der Waals surface area contributed by atoms with Crippen molar-refractivity contribution in [3.63, 3.8) is 0 Å². The molecule has 9 heteroatoms. The van der Waals surface area contributed by atoms with Gasteiger partial charge in [-0.25, -0.2) is 22.6 Å². The molecule has 2 amide bonds. The maximum atomic E-state index is 14.5. The lowest BCUT2D eigenvalue weighted by atomic mass is 10.0. The van der Waals surface area contributed by atoms with Gasteiger partial charge in [0.05, 0.1) is 35.3 Å². The molecule has 3 heterocycles. The molecule has 0 saturated heterocycles. The van der Waals surface area contributed by atoms with Crippen molar-refractivity contribution in [3.8, 4) is 11.5 Å². The fourth-order valence-corrected chi connectivity index (χ4v) is 4.96. The number of nitrogens with zero attached hydrogens (tertiary/aromatic N) is 4. The van der Waals surface area contributed by atoms with Gasteiger partial charge in [-0.2, -0.15) is 5.10 Å². The normalized spacial score (nSPS) is 14.5. The fourth-order valence-electron chi connectivity index (χ4n) is 4.96. The minimum absolute atomic E-state index is 0.0830. The molecule has 3 aromatic carbocycles. The number of nitrogens with one attached hydrogen (secondary N) is 1. The van der Waals surface area contributed by atoms with E-state index in [4.69, 9.17) is 5.10 Å². The maximum absolute atomic E-state index is 14.5. The molecule has 0 aliphatic carbocycles. The van der Waals surface area contributed by atoms with Crippen molar-refractivity contribution in [1.82, 2.24) is 19.2 Å². The van der Waals surface area contributed by atoms with E-state index in [9.17, 15) is 18.0 Å². The zero-order chi connectivity index (χ0) is 26.4. The fraction of sp³-hybridized carbons (Fsp3) is 0.103. The lowest BCUT2D eigenvalue weighted by Gasteiger charge is -2.31. The quantitative estimate of drug-likeness (QED) is 0.298. The molecule has 1 aliphatic rings. The number of carbonyl (C=O) groups excluding carboxylic acids is 1. The smallest absolute Gasteiger partial charge is 0.307 e. The maximum Gasteiger partial charge on any atom is 0.323 e. The zero-order valence-electron chi connectivity index (χ0n) is 20.3. The van der Waals surface area contributed by atoms with E-state index in [0.29, 0.717) is 17.0 Å². The third-order valence-corrected chi connectivity index (χ3v) is 6.68. The van der Waals surface area contributed by atoms with Gasteiger partial charge in [-0.1, -0.05) is 30.3 Å². The average Bonchev–Trinajstić information content (AvgIpc) is 3.47. The van der Waals surface area contributed by atoms with Gasteiger partial charge in [0.25, 0.3) is 0 Å². The van der Waals surface area contributed by atoms with Crippen LogP contribution in [-0.4, -0.2) is 25.3 Å². The number of rotatable bonds is 3. The summed E-state index contributed by atoms with van der Waals surface area (Å²) in [7, 11) is 0. The van der Waals surface area contributed by atoms with Gasteiger partial charge in [0, 0.05) is 17.8 Å². The highest BCUT2D eigenvalue weighted by atomic mass is 19.1. The average molecular weight is 514 g/mol. The summed E-state index contributed by atoms with van der Waals surface area (Å²) < 4.78 is 46.5. The Morgan fingerprint density at radius 1 is 0.921 bits per heavy atom. The van der Waals surface area contributed by atoms with E-state index < -0.39 is 29.5 Å². The standard InChI is InChI=1S/C29H22F3N5O/c1-18-23-17-36(29(38)33-25-16-21(31)12-13-24(25)32)27(19-7-5-8-20(30)15-19)26-11-6-14-35(26)28(23)37(34-18)22-9-3-2-4-10-22/h2-16,27H,17H2,1H3,(H,33,38). The number of hydrogen-bond acceptors (Lipinski definition) is 2. The molecule has 0 bridgehead atoms. The van der Waals surface area contributed by atoms with Gasteiger partial charge in [-0.15, -0.1) is 0 Å². The number of para-hydroxylation sites is 1. The largest absolute Gasteiger partial charge is 0.323 e. The summed E-state index contributed by atoms with van der Waals surface area (Å²) in [6.07, 6.45) is 1.87. The Hall–Kier alpha value is -4.79. The van der Waals surface area contributed by atoms with Crippen LogP contribution in [0.25, 0.3) is 11.5 Å². The molecule has 5 aromatic rings. The molecule has 1 N–H and O–H groups in total. The van der Waals surface area contributed by atoms with Crippen molar-refractivity contribution in [2.24, 2.45) is 0 Å². The summed E-state index contributed by atoms with van der Waals surface area (Å²) >= 11 is 0. The van der Waals surface area contributed by atoms with Gasteiger partial charge < -0.3 is 14.8 Å². The van der Waals surface area contributed by atoms with E-state index in [1.165, 1.54) is 17.0 Å². The molecule has 0 fully saturated rings. The SMILES string of the molecule is Cc1nn(-c2ccccc2)c2c1CN(C(=O)Nc1cc(F)ccc1F)C(c1cccc(F)c1)c1cccn1-2. The van der Waals surface area contributed by atoms with Gasteiger partial charge in [-0.05, 0) is 61.0 Å². The first-order valence-electron chi connectivity index (χ1n) is 12.0. The molecular formula is C29H22F3N5O. The van der Waals surface area contributed by atoms with Crippen LogP contribution >= 0.6 is 0 Å². The van der Waals surface area contributed by atoms with Crippen LogP contribution in [-0.2, 0) is 6.54 Å². The Morgan fingerprint density at radius 2 is 1.71 bits per heavy atom. The number of aromatic nitrogens is 3. The Balaban J connectivity index is 1.54. The number of halogens is 3. The van der Waals surface area contributed by atoms with Gasteiger partial charge in [0.2, 0.25) is 0 Å². The monoisotopic (exact) mass is 513 g/mol. The van der Waals surface area contributed by atoms with E-state index >= 15 is 0 Å². The minimum atomic E-state index is -0.769. The molecule has 1 atom stereocenters. The Morgan fingerprint density at radius 3 is 2.50 bits per heavy atom. The third-order valence-electron chi connectivity index (χ3n) is 6.68.